The minimum atomic E-state index is -0.236. The van der Waals surface area contributed by atoms with E-state index in [2.05, 4.69) is 11.9 Å². The fraction of sp³-hybridized carbons (Fsp3) is 0.211. The molecule has 0 saturated heterocycles. The number of amides is 1. The van der Waals surface area contributed by atoms with E-state index in [1.807, 2.05) is 26.0 Å². The van der Waals surface area contributed by atoms with Crippen LogP contribution in [-0.2, 0) is 4.79 Å². The minimum Gasteiger partial charge on any atom is -0.490 e. The van der Waals surface area contributed by atoms with Gasteiger partial charge in [-0.25, -0.2) is 0 Å². The number of carbonyl (C=O) groups is 1. The molecule has 0 atom stereocenters. The standard InChI is InChI=1S/C19H20ClNO3/c1-4-9-23-16-7-5-15(6-8-16)21-18(22)12-24-17-10-13(2)19(20)14(3)11-17/h4-8,10-11H,1,9,12H2,2-3H3,(H,21,22). The lowest BCUT2D eigenvalue weighted by Crippen LogP contribution is -2.20. The molecule has 0 aliphatic carbocycles. The summed E-state index contributed by atoms with van der Waals surface area (Å²) in [5.74, 6) is 1.11. The molecular weight excluding hydrogens is 326 g/mol. The predicted molar refractivity (Wildman–Crippen MR) is 97.2 cm³/mol. The second kappa shape index (κ2) is 8.41. The van der Waals surface area contributed by atoms with Crippen molar-refractivity contribution < 1.29 is 14.3 Å². The van der Waals surface area contributed by atoms with Crippen LogP contribution in [0.4, 0.5) is 5.69 Å². The molecule has 0 aromatic heterocycles. The number of rotatable bonds is 7. The number of hydrogen-bond acceptors (Lipinski definition) is 3. The molecule has 0 aliphatic rings. The van der Waals surface area contributed by atoms with Crippen LogP contribution in [0.15, 0.2) is 49.1 Å². The van der Waals surface area contributed by atoms with Crippen molar-refractivity contribution in [2.45, 2.75) is 13.8 Å². The molecule has 4 nitrogen and oxygen atoms in total. The number of carbonyl (C=O) groups excluding carboxylic acids is 1. The van der Waals surface area contributed by atoms with E-state index in [4.69, 9.17) is 21.1 Å². The lowest BCUT2D eigenvalue weighted by atomic mass is 10.1. The van der Waals surface area contributed by atoms with Crippen LogP contribution in [0.25, 0.3) is 0 Å². The molecule has 0 saturated carbocycles. The molecule has 0 radical (unpaired) electrons. The highest BCUT2D eigenvalue weighted by Crippen LogP contribution is 2.25. The second-order valence-corrected chi connectivity index (χ2v) is 5.71. The van der Waals surface area contributed by atoms with E-state index in [9.17, 15) is 4.79 Å². The van der Waals surface area contributed by atoms with Gasteiger partial charge in [-0.05, 0) is 61.4 Å². The zero-order chi connectivity index (χ0) is 17.5. The van der Waals surface area contributed by atoms with Gasteiger partial charge in [0, 0.05) is 10.7 Å². The minimum absolute atomic E-state index is 0.0742. The Morgan fingerprint density at radius 2 is 1.75 bits per heavy atom. The lowest BCUT2D eigenvalue weighted by molar-refractivity contribution is -0.118. The maximum Gasteiger partial charge on any atom is 0.262 e. The normalized spacial score (nSPS) is 10.1. The summed E-state index contributed by atoms with van der Waals surface area (Å²) >= 11 is 6.11. The van der Waals surface area contributed by atoms with Gasteiger partial charge in [0.1, 0.15) is 18.1 Å². The van der Waals surface area contributed by atoms with Gasteiger partial charge in [0.25, 0.3) is 5.91 Å². The Hall–Kier alpha value is -2.46. The Balaban J connectivity index is 1.88. The van der Waals surface area contributed by atoms with E-state index < -0.39 is 0 Å². The van der Waals surface area contributed by atoms with Crippen molar-refractivity contribution >= 4 is 23.2 Å². The average Bonchev–Trinajstić information content (AvgIpc) is 2.57. The Kier molecular flexibility index (Phi) is 6.27. The van der Waals surface area contributed by atoms with Crippen LogP contribution >= 0.6 is 11.6 Å². The van der Waals surface area contributed by atoms with Crippen molar-refractivity contribution in [2.24, 2.45) is 0 Å². The van der Waals surface area contributed by atoms with Gasteiger partial charge in [-0.2, -0.15) is 0 Å². The summed E-state index contributed by atoms with van der Waals surface area (Å²) in [5, 5.41) is 3.48. The van der Waals surface area contributed by atoms with E-state index >= 15 is 0 Å². The number of nitrogens with one attached hydrogen (secondary N) is 1. The van der Waals surface area contributed by atoms with Gasteiger partial charge in [-0.1, -0.05) is 24.3 Å². The molecule has 5 heteroatoms. The first-order chi connectivity index (χ1) is 11.5. The van der Waals surface area contributed by atoms with Gasteiger partial charge in [-0.3, -0.25) is 4.79 Å². The Morgan fingerprint density at radius 1 is 1.12 bits per heavy atom. The van der Waals surface area contributed by atoms with Gasteiger partial charge >= 0.3 is 0 Å². The third kappa shape index (κ3) is 5.03. The first kappa shape index (κ1) is 17.9. The summed E-state index contributed by atoms with van der Waals surface area (Å²) in [6, 6.07) is 10.7. The molecule has 0 bridgehead atoms. The maximum absolute atomic E-state index is 12.0. The summed E-state index contributed by atoms with van der Waals surface area (Å²) in [7, 11) is 0. The number of aryl methyl sites for hydroxylation is 2. The van der Waals surface area contributed by atoms with Gasteiger partial charge in [0.15, 0.2) is 6.61 Å². The number of halogens is 1. The van der Waals surface area contributed by atoms with Crippen molar-refractivity contribution in [2.75, 3.05) is 18.5 Å². The molecule has 0 spiro atoms. The molecule has 126 valence electrons. The third-order valence-corrected chi connectivity index (χ3v) is 3.88. The smallest absolute Gasteiger partial charge is 0.262 e. The van der Waals surface area contributed by atoms with E-state index in [0.717, 1.165) is 16.9 Å². The van der Waals surface area contributed by atoms with E-state index in [-0.39, 0.29) is 12.5 Å². The van der Waals surface area contributed by atoms with Crippen molar-refractivity contribution in [1.82, 2.24) is 0 Å². The van der Waals surface area contributed by atoms with Gasteiger partial charge in [0.05, 0.1) is 0 Å². The number of benzene rings is 2. The highest BCUT2D eigenvalue weighted by Gasteiger charge is 2.07. The largest absolute Gasteiger partial charge is 0.490 e. The van der Waals surface area contributed by atoms with Crippen LogP contribution in [0.2, 0.25) is 5.02 Å². The highest BCUT2D eigenvalue weighted by atomic mass is 35.5. The highest BCUT2D eigenvalue weighted by molar-refractivity contribution is 6.32. The fourth-order valence-electron chi connectivity index (χ4n) is 2.13. The maximum atomic E-state index is 12.0. The number of ether oxygens (including phenoxy) is 2. The van der Waals surface area contributed by atoms with E-state index in [1.165, 1.54) is 0 Å². The van der Waals surface area contributed by atoms with Crippen LogP contribution in [0, 0.1) is 13.8 Å². The Morgan fingerprint density at radius 3 is 2.33 bits per heavy atom. The van der Waals surface area contributed by atoms with Crippen molar-refractivity contribution in [3.05, 3.63) is 65.2 Å². The molecule has 2 aromatic rings. The van der Waals surface area contributed by atoms with Crippen molar-refractivity contribution in [1.29, 1.82) is 0 Å². The molecule has 1 amide bonds. The van der Waals surface area contributed by atoms with Crippen LogP contribution in [0.1, 0.15) is 11.1 Å². The summed E-state index contributed by atoms with van der Waals surface area (Å²) < 4.78 is 10.9. The van der Waals surface area contributed by atoms with Crippen LogP contribution < -0.4 is 14.8 Å². The molecule has 0 heterocycles. The third-order valence-electron chi connectivity index (χ3n) is 3.29. The zero-order valence-corrected chi connectivity index (χ0v) is 14.5. The predicted octanol–water partition coefficient (Wildman–Crippen LogP) is 4.54. The molecule has 24 heavy (non-hydrogen) atoms. The Bertz CT molecular complexity index is 703. The van der Waals surface area contributed by atoms with Gasteiger partial charge < -0.3 is 14.8 Å². The molecule has 2 aromatic carbocycles. The molecular formula is C19H20ClNO3. The van der Waals surface area contributed by atoms with Crippen LogP contribution in [0.5, 0.6) is 11.5 Å². The van der Waals surface area contributed by atoms with E-state index in [1.54, 1.807) is 30.3 Å². The van der Waals surface area contributed by atoms with Crippen LogP contribution in [0.3, 0.4) is 0 Å². The van der Waals surface area contributed by atoms with Gasteiger partial charge in [-0.15, -0.1) is 0 Å². The molecule has 0 fully saturated rings. The summed E-state index contributed by atoms with van der Waals surface area (Å²) in [6.45, 7) is 7.76. The summed E-state index contributed by atoms with van der Waals surface area (Å²) in [4.78, 5) is 12.0. The van der Waals surface area contributed by atoms with Crippen molar-refractivity contribution in [3.63, 3.8) is 0 Å². The zero-order valence-electron chi connectivity index (χ0n) is 13.8. The SMILES string of the molecule is C=CCOc1ccc(NC(=O)COc2cc(C)c(Cl)c(C)c2)cc1. The van der Waals surface area contributed by atoms with Crippen LogP contribution in [-0.4, -0.2) is 19.1 Å². The summed E-state index contributed by atoms with van der Waals surface area (Å²) in [6.07, 6.45) is 1.67. The number of anilines is 1. The van der Waals surface area contributed by atoms with E-state index in [0.29, 0.717) is 23.1 Å². The first-order valence-corrected chi connectivity index (χ1v) is 7.90. The first-order valence-electron chi connectivity index (χ1n) is 7.52. The second-order valence-electron chi connectivity index (χ2n) is 5.33. The molecule has 2 rings (SSSR count). The molecule has 0 unspecified atom stereocenters. The average molecular weight is 346 g/mol. The summed E-state index contributed by atoms with van der Waals surface area (Å²) in [5.41, 5.74) is 2.52. The molecule has 0 aliphatic heterocycles. The Labute approximate surface area is 147 Å². The number of hydrogen-bond donors (Lipinski definition) is 1. The molecule has 1 N–H and O–H groups in total. The monoisotopic (exact) mass is 345 g/mol. The quantitative estimate of drug-likeness (QED) is 0.749. The topological polar surface area (TPSA) is 47.6 Å². The van der Waals surface area contributed by atoms with Crippen molar-refractivity contribution in [3.8, 4) is 11.5 Å². The fourth-order valence-corrected chi connectivity index (χ4v) is 2.23. The lowest BCUT2D eigenvalue weighted by Gasteiger charge is -2.11. The van der Waals surface area contributed by atoms with Gasteiger partial charge in [0.2, 0.25) is 0 Å².